The van der Waals surface area contributed by atoms with Gasteiger partial charge >= 0.3 is 0 Å². The van der Waals surface area contributed by atoms with E-state index in [4.69, 9.17) is 4.74 Å². The van der Waals surface area contributed by atoms with E-state index in [9.17, 15) is 9.59 Å². The van der Waals surface area contributed by atoms with Gasteiger partial charge in [0, 0.05) is 29.0 Å². The van der Waals surface area contributed by atoms with Crippen molar-refractivity contribution >= 4 is 29.3 Å². The molecule has 0 radical (unpaired) electrons. The first-order valence-corrected chi connectivity index (χ1v) is 10.6. The minimum Gasteiger partial charge on any atom is -0.487 e. The molecule has 0 saturated carbocycles. The van der Waals surface area contributed by atoms with E-state index in [1.54, 1.807) is 41.4 Å². The fraction of sp³-hybridized carbons (Fsp3) is 0.500. The van der Waals surface area contributed by atoms with Gasteiger partial charge in [0.05, 0.1) is 6.61 Å². The monoisotopic (exact) mass is 389 g/mol. The molecule has 0 atom stereocenters. The molecule has 146 valence electrons. The predicted octanol–water partition coefficient (Wildman–Crippen LogP) is 2.84. The number of piperidine rings is 1. The first-order chi connectivity index (χ1) is 13.2. The van der Waals surface area contributed by atoms with Crippen LogP contribution in [0.1, 0.15) is 36.0 Å². The van der Waals surface area contributed by atoms with Crippen LogP contribution in [0.15, 0.2) is 35.4 Å². The van der Waals surface area contributed by atoms with Crippen LogP contribution in [0.2, 0.25) is 0 Å². The number of ether oxygens (including phenoxy) is 1. The van der Waals surface area contributed by atoms with Crippen molar-refractivity contribution in [1.29, 1.82) is 0 Å². The average Bonchev–Trinajstić information content (AvgIpc) is 2.72. The third kappa shape index (κ3) is 6.29. The second kappa shape index (κ2) is 10.4. The number of carbonyl (C=O) groups is 2. The van der Waals surface area contributed by atoms with Gasteiger partial charge in [-0.25, -0.2) is 0 Å². The molecule has 6 nitrogen and oxygen atoms in total. The number of carbonyl (C=O) groups excluding carboxylic acids is 2. The molecule has 7 heteroatoms. The van der Waals surface area contributed by atoms with E-state index in [1.165, 1.54) is 32.4 Å². The number of nitrogens with zero attached hydrogens (tertiary/aromatic N) is 1. The minimum atomic E-state index is -0.290. The van der Waals surface area contributed by atoms with E-state index >= 15 is 0 Å². The van der Waals surface area contributed by atoms with Gasteiger partial charge in [0.15, 0.2) is 5.76 Å². The molecule has 1 aromatic rings. The Labute approximate surface area is 164 Å². The lowest BCUT2D eigenvalue weighted by atomic mass is 10.1. The Hall–Kier alpha value is -1.99. The largest absolute Gasteiger partial charge is 0.487 e. The van der Waals surface area contributed by atoms with Crippen molar-refractivity contribution in [1.82, 2.24) is 10.2 Å². The molecule has 1 saturated heterocycles. The lowest BCUT2D eigenvalue weighted by Gasteiger charge is -2.26. The topological polar surface area (TPSA) is 70.7 Å². The molecule has 2 heterocycles. The summed E-state index contributed by atoms with van der Waals surface area (Å²) >= 11 is 1.56. The molecule has 1 fully saturated rings. The number of anilines is 1. The van der Waals surface area contributed by atoms with Gasteiger partial charge in [0.1, 0.15) is 0 Å². The number of thioether (sulfide) groups is 1. The maximum atomic E-state index is 12.4. The highest BCUT2D eigenvalue weighted by molar-refractivity contribution is 8.02. The second-order valence-corrected chi connectivity index (χ2v) is 7.73. The summed E-state index contributed by atoms with van der Waals surface area (Å²) in [6.45, 7) is 4.57. The Morgan fingerprint density at radius 2 is 2.00 bits per heavy atom. The normalized spacial score (nSPS) is 17.6. The van der Waals surface area contributed by atoms with Crippen molar-refractivity contribution < 1.29 is 14.3 Å². The summed E-state index contributed by atoms with van der Waals surface area (Å²) in [5, 5.41) is 7.47. The second-order valence-electron chi connectivity index (χ2n) is 6.75. The molecule has 2 aliphatic heterocycles. The SMILES string of the molecule is O=C(Nc1cccc(C(=O)NCCCN2CCCCC2)c1)C1=CSCCO1. The Bertz CT molecular complexity index is 687. The van der Waals surface area contributed by atoms with E-state index < -0.39 is 0 Å². The van der Waals surface area contributed by atoms with E-state index in [0.717, 1.165) is 18.7 Å². The molecule has 0 aromatic heterocycles. The van der Waals surface area contributed by atoms with Crippen molar-refractivity contribution in [3.63, 3.8) is 0 Å². The summed E-state index contributed by atoms with van der Waals surface area (Å²) < 4.78 is 5.35. The molecule has 0 unspecified atom stereocenters. The van der Waals surface area contributed by atoms with Crippen LogP contribution in [0.3, 0.4) is 0 Å². The molecule has 0 bridgehead atoms. The van der Waals surface area contributed by atoms with Gasteiger partial charge < -0.3 is 20.3 Å². The number of hydrogen-bond donors (Lipinski definition) is 2. The van der Waals surface area contributed by atoms with Crippen molar-refractivity contribution in [2.24, 2.45) is 0 Å². The molecule has 2 N–H and O–H groups in total. The summed E-state index contributed by atoms with van der Waals surface area (Å²) in [7, 11) is 0. The van der Waals surface area contributed by atoms with Crippen molar-refractivity contribution in [3.05, 3.63) is 41.0 Å². The number of nitrogens with one attached hydrogen (secondary N) is 2. The van der Waals surface area contributed by atoms with Gasteiger partial charge in [-0.05, 0) is 57.1 Å². The summed E-state index contributed by atoms with van der Waals surface area (Å²) in [4.78, 5) is 27.0. The highest BCUT2D eigenvalue weighted by Crippen LogP contribution is 2.18. The van der Waals surface area contributed by atoms with Crippen LogP contribution in [0, 0.1) is 0 Å². The molecule has 0 spiro atoms. The van der Waals surface area contributed by atoms with Crippen molar-refractivity contribution in [3.8, 4) is 0 Å². The molecule has 27 heavy (non-hydrogen) atoms. The zero-order valence-electron chi connectivity index (χ0n) is 15.5. The van der Waals surface area contributed by atoms with Crippen LogP contribution in [0.5, 0.6) is 0 Å². The van der Waals surface area contributed by atoms with Crippen molar-refractivity contribution in [2.45, 2.75) is 25.7 Å². The third-order valence-electron chi connectivity index (χ3n) is 4.64. The van der Waals surface area contributed by atoms with E-state index in [1.807, 2.05) is 0 Å². The van der Waals surface area contributed by atoms with Gasteiger partial charge in [-0.2, -0.15) is 0 Å². The molecule has 2 amide bonds. The van der Waals surface area contributed by atoms with E-state index in [0.29, 0.717) is 30.2 Å². The van der Waals surface area contributed by atoms with Crippen LogP contribution < -0.4 is 10.6 Å². The van der Waals surface area contributed by atoms with Gasteiger partial charge in [-0.15, -0.1) is 11.8 Å². The standard InChI is InChI=1S/C20H27N3O3S/c24-19(21-8-5-11-23-9-2-1-3-10-23)16-6-4-7-17(14-16)22-20(25)18-15-27-13-12-26-18/h4,6-7,14-15H,1-3,5,8-13H2,(H,21,24)(H,22,25). The summed E-state index contributed by atoms with van der Waals surface area (Å²) in [6, 6.07) is 6.97. The highest BCUT2D eigenvalue weighted by atomic mass is 32.2. The van der Waals surface area contributed by atoms with Gasteiger partial charge in [0.25, 0.3) is 11.8 Å². The van der Waals surface area contributed by atoms with Crippen LogP contribution in [0.25, 0.3) is 0 Å². The smallest absolute Gasteiger partial charge is 0.291 e. The van der Waals surface area contributed by atoms with Gasteiger partial charge in [-0.1, -0.05) is 12.5 Å². The average molecular weight is 390 g/mol. The van der Waals surface area contributed by atoms with Gasteiger partial charge in [0.2, 0.25) is 0 Å². The number of likely N-dealkylation sites (tertiary alicyclic amines) is 1. The van der Waals surface area contributed by atoms with Crippen LogP contribution in [-0.2, 0) is 9.53 Å². The Balaban J connectivity index is 1.45. The quantitative estimate of drug-likeness (QED) is 0.702. The Morgan fingerprint density at radius 1 is 1.15 bits per heavy atom. The van der Waals surface area contributed by atoms with E-state index in [2.05, 4.69) is 15.5 Å². The predicted molar refractivity (Wildman–Crippen MR) is 109 cm³/mol. The molecule has 2 aliphatic rings. The van der Waals surface area contributed by atoms with Crippen LogP contribution in [0.4, 0.5) is 5.69 Å². The Morgan fingerprint density at radius 3 is 2.78 bits per heavy atom. The molecule has 1 aromatic carbocycles. The summed E-state index contributed by atoms with van der Waals surface area (Å²) in [6.07, 6.45) is 4.85. The fourth-order valence-corrected chi connectivity index (χ4v) is 3.83. The number of rotatable bonds is 7. The molecular formula is C20H27N3O3S. The summed E-state index contributed by atoms with van der Waals surface area (Å²) in [5.74, 6) is 0.762. The molecule has 3 rings (SSSR count). The zero-order chi connectivity index (χ0) is 18.9. The van der Waals surface area contributed by atoms with Crippen LogP contribution >= 0.6 is 11.8 Å². The van der Waals surface area contributed by atoms with Gasteiger partial charge in [-0.3, -0.25) is 9.59 Å². The first kappa shape index (κ1) is 19.8. The summed E-state index contributed by atoms with van der Waals surface area (Å²) in [5.41, 5.74) is 1.12. The number of amides is 2. The lowest BCUT2D eigenvalue weighted by Crippen LogP contribution is -2.33. The van der Waals surface area contributed by atoms with E-state index in [-0.39, 0.29) is 11.8 Å². The minimum absolute atomic E-state index is 0.117. The number of benzene rings is 1. The van der Waals surface area contributed by atoms with Crippen molar-refractivity contribution in [2.75, 3.05) is 43.9 Å². The highest BCUT2D eigenvalue weighted by Gasteiger charge is 2.15. The third-order valence-corrected chi connectivity index (χ3v) is 5.42. The lowest BCUT2D eigenvalue weighted by molar-refractivity contribution is -0.116. The maximum absolute atomic E-state index is 12.4. The molecular weight excluding hydrogens is 362 g/mol. The first-order valence-electron chi connectivity index (χ1n) is 9.59. The molecule has 0 aliphatic carbocycles. The number of hydrogen-bond acceptors (Lipinski definition) is 5. The maximum Gasteiger partial charge on any atom is 0.291 e. The Kier molecular flexibility index (Phi) is 7.59. The zero-order valence-corrected chi connectivity index (χ0v) is 16.4. The van der Waals surface area contributed by atoms with Crippen LogP contribution in [-0.4, -0.2) is 55.3 Å². The fourth-order valence-electron chi connectivity index (χ4n) is 3.21.